The molecule has 3 rings (SSSR count). The number of fused-ring (bicyclic) bond motifs is 1. The Hall–Kier alpha value is -3.22. The van der Waals surface area contributed by atoms with Gasteiger partial charge in [-0.25, -0.2) is 0 Å². The summed E-state index contributed by atoms with van der Waals surface area (Å²) in [4.78, 5) is 23.3. The quantitative estimate of drug-likeness (QED) is 0.877. The third kappa shape index (κ3) is 3.57. The molecule has 0 aliphatic carbocycles. The fraction of sp³-hybridized carbons (Fsp3) is 0.176. The van der Waals surface area contributed by atoms with Crippen molar-refractivity contribution in [1.29, 1.82) is 0 Å². The van der Waals surface area contributed by atoms with E-state index in [0.717, 1.165) is 0 Å². The summed E-state index contributed by atoms with van der Waals surface area (Å²) in [5.74, 6) is 1.05. The number of nitrogens with one attached hydrogen (secondary N) is 2. The van der Waals surface area contributed by atoms with Crippen LogP contribution in [0.15, 0.2) is 42.5 Å². The highest BCUT2D eigenvalue weighted by Crippen LogP contribution is 2.30. The first-order chi connectivity index (χ1) is 11.7. The summed E-state index contributed by atoms with van der Waals surface area (Å²) >= 11 is 0. The molecule has 2 N–H and O–H groups in total. The largest absolute Gasteiger partial charge is 0.493 e. The van der Waals surface area contributed by atoms with Crippen molar-refractivity contribution in [3.05, 3.63) is 42.5 Å². The Bertz CT molecular complexity index is 775. The molecule has 0 unspecified atom stereocenters. The van der Waals surface area contributed by atoms with E-state index in [-0.39, 0.29) is 25.0 Å². The minimum Gasteiger partial charge on any atom is -0.493 e. The normalized spacial score (nSPS) is 12.5. The molecule has 24 heavy (non-hydrogen) atoms. The van der Waals surface area contributed by atoms with Crippen LogP contribution in [0, 0.1) is 0 Å². The van der Waals surface area contributed by atoms with Gasteiger partial charge in [0, 0.05) is 5.69 Å². The maximum atomic E-state index is 12.0. The smallest absolute Gasteiger partial charge is 0.262 e. The van der Waals surface area contributed by atoms with E-state index < -0.39 is 0 Å². The van der Waals surface area contributed by atoms with Gasteiger partial charge in [-0.1, -0.05) is 12.1 Å². The van der Waals surface area contributed by atoms with Crippen molar-refractivity contribution in [3.8, 4) is 17.2 Å². The lowest BCUT2D eigenvalue weighted by atomic mass is 10.2. The molecule has 1 aliphatic heterocycles. The number of amides is 2. The molecule has 0 saturated carbocycles. The van der Waals surface area contributed by atoms with Crippen LogP contribution < -0.4 is 24.8 Å². The predicted octanol–water partition coefficient (Wildman–Crippen LogP) is 2.04. The van der Waals surface area contributed by atoms with Gasteiger partial charge in [0.1, 0.15) is 5.75 Å². The molecule has 1 heterocycles. The summed E-state index contributed by atoms with van der Waals surface area (Å²) < 4.78 is 15.9. The Morgan fingerprint density at radius 2 is 2.04 bits per heavy atom. The number of ether oxygens (including phenoxy) is 3. The summed E-state index contributed by atoms with van der Waals surface area (Å²) in [7, 11) is 1.53. The van der Waals surface area contributed by atoms with Gasteiger partial charge in [-0.05, 0) is 30.3 Å². The number of carbonyl (C=O) groups is 2. The Balaban J connectivity index is 1.61. The molecule has 0 radical (unpaired) electrons. The van der Waals surface area contributed by atoms with Crippen molar-refractivity contribution >= 4 is 23.2 Å². The van der Waals surface area contributed by atoms with E-state index in [0.29, 0.717) is 28.6 Å². The molecule has 2 amide bonds. The number of rotatable bonds is 5. The Labute approximate surface area is 138 Å². The summed E-state index contributed by atoms with van der Waals surface area (Å²) in [6, 6.07) is 12.1. The average Bonchev–Trinajstić information content (AvgIpc) is 2.60. The SMILES string of the molecule is COc1ccccc1OCC(=O)Nc1ccc2c(c1)NC(=O)CO2. The molecule has 124 valence electrons. The van der Waals surface area contributed by atoms with Crippen LogP contribution >= 0.6 is 0 Å². The average molecular weight is 328 g/mol. The lowest BCUT2D eigenvalue weighted by Crippen LogP contribution is -2.25. The first kappa shape index (κ1) is 15.7. The maximum Gasteiger partial charge on any atom is 0.262 e. The van der Waals surface area contributed by atoms with Crippen molar-refractivity contribution in [2.75, 3.05) is 31.0 Å². The number of para-hydroxylation sites is 2. The number of hydrogen-bond donors (Lipinski definition) is 2. The molecule has 0 bridgehead atoms. The first-order valence-electron chi connectivity index (χ1n) is 7.28. The zero-order valence-corrected chi connectivity index (χ0v) is 13.0. The fourth-order valence-corrected chi connectivity index (χ4v) is 2.24. The van der Waals surface area contributed by atoms with E-state index in [1.54, 1.807) is 36.4 Å². The molecular weight excluding hydrogens is 312 g/mol. The summed E-state index contributed by atoms with van der Waals surface area (Å²) in [6.07, 6.45) is 0. The van der Waals surface area contributed by atoms with Crippen LogP contribution in [-0.2, 0) is 9.59 Å². The molecule has 2 aromatic carbocycles. The van der Waals surface area contributed by atoms with Crippen molar-refractivity contribution in [2.24, 2.45) is 0 Å². The highest BCUT2D eigenvalue weighted by Gasteiger charge is 2.16. The van der Waals surface area contributed by atoms with Crippen LogP contribution in [0.25, 0.3) is 0 Å². The van der Waals surface area contributed by atoms with Crippen LogP contribution in [-0.4, -0.2) is 32.1 Å². The van der Waals surface area contributed by atoms with E-state index in [2.05, 4.69) is 10.6 Å². The molecule has 0 aromatic heterocycles. The van der Waals surface area contributed by atoms with Crippen LogP contribution in [0.3, 0.4) is 0 Å². The molecule has 7 heteroatoms. The van der Waals surface area contributed by atoms with Gasteiger partial charge in [0.15, 0.2) is 24.7 Å². The Kier molecular flexibility index (Phi) is 4.51. The zero-order valence-electron chi connectivity index (χ0n) is 13.0. The molecule has 2 aromatic rings. The summed E-state index contributed by atoms with van der Waals surface area (Å²) in [5.41, 5.74) is 1.06. The lowest BCUT2D eigenvalue weighted by Gasteiger charge is -2.18. The molecule has 0 fully saturated rings. The van der Waals surface area contributed by atoms with Crippen molar-refractivity contribution in [3.63, 3.8) is 0 Å². The maximum absolute atomic E-state index is 12.0. The molecule has 0 spiro atoms. The summed E-state index contributed by atoms with van der Waals surface area (Å²) in [5, 5.41) is 5.39. The minimum absolute atomic E-state index is 0.00848. The van der Waals surface area contributed by atoms with Crippen LogP contribution in [0.1, 0.15) is 0 Å². The van der Waals surface area contributed by atoms with Gasteiger partial charge >= 0.3 is 0 Å². The topological polar surface area (TPSA) is 85.9 Å². The predicted molar refractivity (Wildman–Crippen MR) is 87.7 cm³/mol. The fourth-order valence-electron chi connectivity index (χ4n) is 2.24. The number of carbonyl (C=O) groups excluding carboxylic acids is 2. The van der Waals surface area contributed by atoms with Crippen molar-refractivity contribution in [2.45, 2.75) is 0 Å². The first-order valence-corrected chi connectivity index (χ1v) is 7.28. The minimum atomic E-state index is -0.330. The number of hydrogen-bond acceptors (Lipinski definition) is 5. The van der Waals surface area contributed by atoms with Crippen molar-refractivity contribution < 1.29 is 23.8 Å². The third-order valence-corrected chi connectivity index (χ3v) is 3.32. The van der Waals surface area contributed by atoms with Gasteiger partial charge in [0.05, 0.1) is 12.8 Å². The highest BCUT2D eigenvalue weighted by molar-refractivity contribution is 5.97. The van der Waals surface area contributed by atoms with E-state index in [4.69, 9.17) is 14.2 Å². The van der Waals surface area contributed by atoms with Gasteiger partial charge < -0.3 is 24.8 Å². The second kappa shape index (κ2) is 6.91. The van der Waals surface area contributed by atoms with E-state index >= 15 is 0 Å². The van der Waals surface area contributed by atoms with Gasteiger partial charge in [-0.3, -0.25) is 9.59 Å². The monoisotopic (exact) mass is 328 g/mol. The third-order valence-electron chi connectivity index (χ3n) is 3.32. The van der Waals surface area contributed by atoms with Crippen molar-refractivity contribution in [1.82, 2.24) is 0 Å². The van der Waals surface area contributed by atoms with E-state index in [9.17, 15) is 9.59 Å². The molecule has 0 atom stereocenters. The second-order valence-corrected chi connectivity index (χ2v) is 5.04. The van der Waals surface area contributed by atoms with Crippen LogP contribution in [0.5, 0.6) is 17.2 Å². The standard InChI is InChI=1S/C17H16N2O5/c1-22-14-4-2-3-5-15(14)24-9-16(20)18-11-6-7-13-12(8-11)19-17(21)10-23-13/h2-8H,9-10H2,1H3,(H,18,20)(H,19,21). The number of methoxy groups -OCH3 is 1. The number of benzene rings is 2. The molecule has 7 nitrogen and oxygen atoms in total. The zero-order chi connectivity index (χ0) is 16.9. The summed E-state index contributed by atoms with van der Waals surface area (Å²) in [6.45, 7) is -0.175. The molecular formula is C17H16N2O5. The van der Waals surface area contributed by atoms with Gasteiger partial charge in [-0.15, -0.1) is 0 Å². The van der Waals surface area contributed by atoms with Crippen LogP contribution in [0.4, 0.5) is 11.4 Å². The van der Waals surface area contributed by atoms with Gasteiger partial charge in [0.25, 0.3) is 11.8 Å². The number of anilines is 2. The Morgan fingerprint density at radius 3 is 2.83 bits per heavy atom. The van der Waals surface area contributed by atoms with Gasteiger partial charge in [-0.2, -0.15) is 0 Å². The molecule has 1 aliphatic rings. The Morgan fingerprint density at radius 1 is 1.25 bits per heavy atom. The lowest BCUT2D eigenvalue weighted by molar-refractivity contribution is -0.119. The van der Waals surface area contributed by atoms with E-state index in [1.165, 1.54) is 7.11 Å². The highest BCUT2D eigenvalue weighted by atomic mass is 16.5. The second-order valence-electron chi connectivity index (χ2n) is 5.04. The van der Waals surface area contributed by atoms with Gasteiger partial charge in [0.2, 0.25) is 0 Å². The van der Waals surface area contributed by atoms with E-state index in [1.807, 2.05) is 6.07 Å². The van der Waals surface area contributed by atoms with Crippen LogP contribution in [0.2, 0.25) is 0 Å². The molecule has 0 saturated heterocycles.